The van der Waals surface area contributed by atoms with E-state index in [9.17, 15) is 18.3 Å². The van der Waals surface area contributed by atoms with Crippen molar-refractivity contribution in [3.05, 3.63) is 29.8 Å². The maximum atomic E-state index is 13.2. The van der Waals surface area contributed by atoms with Crippen molar-refractivity contribution in [2.45, 2.75) is 67.8 Å². The third-order valence-electron chi connectivity index (χ3n) is 5.82. The third kappa shape index (κ3) is 2.65. The Kier molecular flexibility index (Phi) is 3.92. The number of fused-ring (bicyclic) bond motifs is 1. The van der Waals surface area contributed by atoms with Crippen LogP contribution in [0.15, 0.2) is 29.2 Å². The van der Waals surface area contributed by atoms with Crippen LogP contribution >= 0.6 is 0 Å². The average Bonchev–Trinajstić information content (AvgIpc) is 3.34. The van der Waals surface area contributed by atoms with E-state index in [1.54, 1.807) is 12.1 Å². The molecule has 1 aromatic rings. The van der Waals surface area contributed by atoms with Gasteiger partial charge in [-0.15, -0.1) is 0 Å². The van der Waals surface area contributed by atoms with E-state index in [0.717, 1.165) is 25.7 Å². The normalized spacial score (nSPS) is 30.9. The van der Waals surface area contributed by atoms with Crippen LogP contribution < -0.4 is 0 Å². The van der Waals surface area contributed by atoms with E-state index in [2.05, 4.69) is 0 Å². The fourth-order valence-corrected chi connectivity index (χ4v) is 6.29. The fraction of sp³-hybridized carbons (Fsp3) is 0.611. The van der Waals surface area contributed by atoms with Gasteiger partial charge in [0, 0.05) is 6.04 Å². The van der Waals surface area contributed by atoms with Crippen LogP contribution in [0.1, 0.15) is 56.4 Å². The first kappa shape index (κ1) is 16.1. The average molecular weight is 349 g/mol. The molecule has 0 aromatic heterocycles. The SMILES string of the molecule is O=C(O)C1CC2CCCCC2N1S(=O)(=O)c1ccc(C2CC2)cc1. The molecule has 3 unspecified atom stereocenters. The van der Waals surface area contributed by atoms with Crippen molar-refractivity contribution >= 4 is 16.0 Å². The van der Waals surface area contributed by atoms with Crippen LogP contribution in [0.3, 0.4) is 0 Å². The zero-order valence-corrected chi connectivity index (χ0v) is 14.4. The Morgan fingerprint density at radius 3 is 2.33 bits per heavy atom. The van der Waals surface area contributed by atoms with Gasteiger partial charge in [0.25, 0.3) is 0 Å². The van der Waals surface area contributed by atoms with E-state index in [-0.39, 0.29) is 16.9 Å². The van der Waals surface area contributed by atoms with Crippen molar-refractivity contribution in [1.82, 2.24) is 4.31 Å². The highest BCUT2D eigenvalue weighted by Gasteiger charge is 2.51. The summed E-state index contributed by atoms with van der Waals surface area (Å²) in [5.74, 6) is -0.272. The molecule has 2 saturated carbocycles. The molecule has 0 bridgehead atoms. The van der Waals surface area contributed by atoms with Gasteiger partial charge in [-0.1, -0.05) is 25.0 Å². The molecular formula is C18H23NO4S. The van der Waals surface area contributed by atoms with E-state index >= 15 is 0 Å². The first-order valence-electron chi connectivity index (χ1n) is 8.85. The van der Waals surface area contributed by atoms with Gasteiger partial charge in [0.15, 0.2) is 0 Å². The largest absolute Gasteiger partial charge is 0.480 e. The summed E-state index contributed by atoms with van der Waals surface area (Å²) in [6, 6.07) is 5.98. The first-order chi connectivity index (χ1) is 11.5. The number of rotatable bonds is 4. The van der Waals surface area contributed by atoms with E-state index in [1.165, 1.54) is 22.7 Å². The third-order valence-corrected chi connectivity index (χ3v) is 7.77. The van der Waals surface area contributed by atoms with Crippen molar-refractivity contribution in [2.75, 3.05) is 0 Å². The molecule has 0 radical (unpaired) electrons. The number of carbonyl (C=O) groups is 1. The number of hydrogen-bond donors (Lipinski definition) is 1. The second-order valence-electron chi connectivity index (χ2n) is 7.38. The zero-order valence-electron chi connectivity index (χ0n) is 13.6. The molecule has 6 heteroatoms. The Bertz CT molecular complexity index is 739. The molecule has 130 valence electrons. The number of aliphatic carboxylic acids is 1. The van der Waals surface area contributed by atoms with Crippen molar-refractivity contribution in [1.29, 1.82) is 0 Å². The van der Waals surface area contributed by atoms with Crippen molar-refractivity contribution < 1.29 is 18.3 Å². The van der Waals surface area contributed by atoms with Gasteiger partial charge >= 0.3 is 5.97 Å². The Hall–Kier alpha value is -1.40. The lowest BCUT2D eigenvalue weighted by molar-refractivity contribution is -0.141. The Labute approximate surface area is 142 Å². The van der Waals surface area contributed by atoms with Gasteiger partial charge in [-0.2, -0.15) is 4.31 Å². The van der Waals surface area contributed by atoms with Crippen LogP contribution in [0, 0.1) is 5.92 Å². The van der Waals surface area contributed by atoms with Gasteiger partial charge in [0.2, 0.25) is 10.0 Å². The molecule has 3 aliphatic rings. The minimum Gasteiger partial charge on any atom is -0.480 e. The molecular weight excluding hydrogens is 326 g/mol. The maximum absolute atomic E-state index is 13.2. The molecule has 24 heavy (non-hydrogen) atoms. The van der Waals surface area contributed by atoms with Crippen molar-refractivity contribution in [3.63, 3.8) is 0 Å². The Balaban J connectivity index is 1.68. The van der Waals surface area contributed by atoms with Crippen LogP contribution in [0.25, 0.3) is 0 Å². The first-order valence-corrected chi connectivity index (χ1v) is 10.3. The van der Waals surface area contributed by atoms with Gasteiger partial charge in [-0.05, 0) is 61.6 Å². The lowest BCUT2D eigenvalue weighted by Gasteiger charge is -2.32. The molecule has 4 rings (SSSR count). The van der Waals surface area contributed by atoms with E-state index in [0.29, 0.717) is 12.3 Å². The van der Waals surface area contributed by atoms with Crippen LogP contribution in [-0.2, 0) is 14.8 Å². The molecule has 0 amide bonds. The molecule has 1 saturated heterocycles. The lowest BCUT2D eigenvalue weighted by atomic mass is 9.85. The van der Waals surface area contributed by atoms with Gasteiger partial charge in [0.1, 0.15) is 6.04 Å². The summed E-state index contributed by atoms with van der Waals surface area (Å²) in [6.45, 7) is 0. The summed E-state index contributed by atoms with van der Waals surface area (Å²) in [7, 11) is -3.77. The molecule has 1 N–H and O–H groups in total. The fourth-order valence-electron chi connectivity index (χ4n) is 4.43. The molecule has 1 aromatic carbocycles. The Morgan fingerprint density at radius 2 is 1.71 bits per heavy atom. The molecule has 0 spiro atoms. The second kappa shape index (κ2) is 5.85. The highest BCUT2D eigenvalue weighted by molar-refractivity contribution is 7.89. The summed E-state index contributed by atoms with van der Waals surface area (Å²) in [5, 5.41) is 9.56. The van der Waals surface area contributed by atoms with Crippen LogP contribution in [0.4, 0.5) is 0 Å². The van der Waals surface area contributed by atoms with Gasteiger partial charge in [-0.25, -0.2) is 8.42 Å². The number of carboxylic acids is 1. The number of hydrogen-bond acceptors (Lipinski definition) is 3. The summed E-state index contributed by atoms with van der Waals surface area (Å²) < 4.78 is 27.6. The number of sulfonamides is 1. The molecule has 3 atom stereocenters. The standard InChI is InChI=1S/C18H23NO4S/c20-18(21)17-11-14-3-1-2-4-16(14)19(17)24(22,23)15-9-7-13(8-10-15)12-5-6-12/h7-10,12,14,16-17H,1-6,11H2,(H,20,21). The van der Waals surface area contributed by atoms with Gasteiger partial charge < -0.3 is 5.11 Å². The maximum Gasteiger partial charge on any atom is 0.322 e. The molecule has 3 fully saturated rings. The van der Waals surface area contributed by atoms with E-state index in [4.69, 9.17) is 0 Å². The second-order valence-corrected chi connectivity index (χ2v) is 9.22. The zero-order chi connectivity index (χ0) is 16.9. The number of benzene rings is 1. The number of nitrogens with zero attached hydrogens (tertiary/aromatic N) is 1. The van der Waals surface area contributed by atoms with E-state index < -0.39 is 22.0 Å². The summed E-state index contributed by atoms with van der Waals surface area (Å²) in [4.78, 5) is 11.9. The topological polar surface area (TPSA) is 74.7 Å². The highest BCUT2D eigenvalue weighted by atomic mass is 32.2. The monoisotopic (exact) mass is 349 g/mol. The highest BCUT2D eigenvalue weighted by Crippen LogP contribution is 2.43. The predicted octanol–water partition coefficient (Wildman–Crippen LogP) is 2.97. The van der Waals surface area contributed by atoms with Crippen molar-refractivity contribution in [2.24, 2.45) is 5.92 Å². The predicted molar refractivity (Wildman–Crippen MR) is 89.2 cm³/mol. The van der Waals surface area contributed by atoms with Crippen molar-refractivity contribution in [3.8, 4) is 0 Å². The smallest absolute Gasteiger partial charge is 0.322 e. The van der Waals surface area contributed by atoms with Crippen LogP contribution in [-0.4, -0.2) is 35.9 Å². The molecule has 5 nitrogen and oxygen atoms in total. The van der Waals surface area contributed by atoms with E-state index in [1.807, 2.05) is 12.1 Å². The minimum atomic E-state index is -3.77. The summed E-state index contributed by atoms with van der Waals surface area (Å²) in [5.41, 5.74) is 1.18. The Morgan fingerprint density at radius 1 is 1.04 bits per heavy atom. The van der Waals surface area contributed by atoms with Crippen LogP contribution in [0.5, 0.6) is 0 Å². The quantitative estimate of drug-likeness (QED) is 0.907. The molecule has 1 heterocycles. The van der Waals surface area contributed by atoms with Gasteiger partial charge in [-0.3, -0.25) is 4.79 Å². The lowest BCUT2D eigenvalue weighted by Crippen LogP contribution is -2.46. The number of carboxylic acid groups (broad SMARTS) is 1. The molecule has 2 aliphatic carbocycles. The van der Waals surface area contributed by atoms with Crippen LogP contribution in [0.2, 0.25) is 0 Å². The minimum absolute atomic E-state index is 0.159. The summed E-state index contributed by atoms with van der Waals surface area (Å²) >= 11 is 0. The van der Waals surface area contributed by atoms with Gasteiger partial charge in [0.05, 0.1) is 4.90 Å². The summed E-state index contributed by atoms with van der Waals surface area (Å²) in [6.07, 6.45) is 6.53. The molecule has 1 aliphatic heterocycles.